The van der Waals surface area contributed by atoms with Crippen LogP contribution in [-0.2, 0) is 0 Å². The molecule has 5 heteroatoms. The number of likely N-dealkylation sites (tertiary alicyclic amines) is 1. The van der Waals surface area contributed by atoms with Crippen LogP contribution < -0.4 is 19.9 Å². The van der Waals surface area contributed by atoms with Crippen LogP contribution in [0.2, 0.25) is 0 Å². The second-order valence-electron chi connectivity index (χ2n) is 4.94. The molecule has 0 spiro atoms. The quantitative estimate of drug-likeness (QED) is 0.861. The summed E-state index contributed by atoms with van der Waals surface area (Å²) in [5.74, 6) is 2.18. The van der Waals surface area contributed by atoms with Crippen molar-refractivity contribution >= 4 is 0 Å². The van der Waals surface area contributed by atoms with Gasteiger partial charge in [-0.1, -0.05) is 0 Å². The third-order valence-electron chi connectivity index (χ3n) is 3.90. The summed E-state index contributed by atoms with van der Waals surface area (Å²) in [6.07, 6.45) is 2.46. The van der Waals surface area contributed by atoms with Gasteiger partial charge in [-0.05, 0) is 32.0 Å². The summed E-state index contributed by atoms with van der Waals surface area (Å²) in [7, 11) is 4.93. The van der Waals surface area contributed by atoms with Gasteiger partial charge in [0.2, 0.25) is 0 Å². The van der Waals surface area contributed by atoms with Crippen molar-refractivity contribution in [2.75, 3.05) is 41.0 Å². The summed E-state index contributed by atoms with van der Waals surface area (Å²) in [6.45, 7) is 2.73. The maximum Gasteiger partial charge on any atom is 0.164 e. The Balaban J connectivity index is 2.41. The first-order valence-electron chi connectivity index (χ1n) is 6.99. The molecular formula is C15H24N2O3. The van der Waals surface area contributed by atoms with E-state index in [0.717, 1.165) is 24.4 Å². The van der Waals surface area contributed by atoms with Crippen LogP contribution in [0, 0.1) is 0 Å². The molecule has 0 aliphatic carbocycles. The summed E-state index contributed by atoms with van der Waals surface area (Å²) in [6, 6.07) is 4.01. The molecule has 0 radical (unpaired) electrons. The maximum atomic E-state index is 6.00. The number of ether oxygens (including phenoxy) is 3. The fourth-order valence-electron chi connectivity index (χ4n) is 2.84. The number of benzene rings is 1. The zero-order chi connectivity index (χ0) is 14.5. The molecule has 0 aromatic heterocycles. The third kappa shape index (κ3) is 2.83. The van der Waals surface area contributed by atoms with E-state index in [0.29, 0.717) is 18.0 Å². The van der Waals surface area contributed by atoms with Gasteiger partial charge in [-0.15, -0.1) is 0 Å². The normalized spacial score (nSPS) is 17.0. The zero-order valence-corrected chi connectivity index (χ0v) is 12.5. The van der Waals surface area contributed by atoms with Crippen molar-refractivity contribution in [3.63, 3.8) is 0 Å². The Hall–Kier alpha value is -1.46. The third-order valence-corrected chi connectivity index (χ3v) is 3.90. The number of nitrogens with zero attached hydrogens (tertiary/aromatic N) is 1. The van der Waals surface area contributed by atoms with E-state index in [9.17, 15) is 0 Å². The molecule has 0 amide bonds. The molecule has 1 saturated heterocycles. The lowest BCUT2D eigenvalue weighted by molar-refractivity contribution is 0.243. The highest BCUT2D eigenvalue weighted by atomic mass is 16.5. The van der Waals surface area contributed by atoms with E-state index in [-0.39, 0.29) is 6.04 Å². The molecule has 1 aromatic rings. The number of hydrogen-bond acceptors (Lipinski definition) is 5. The van der Waals surface area contributed by atoms with E-state index in [1.165, 1.54) is 12.8 Å². The molecule has 1 atom stereocenters. The highest BCUT2D eigenvalue weighted by Gasteiger charge is 2.26. The Labute approximate surface area is 120 Å². The van der Waals surface area contributed by atoms with Gasteiger partial charge in [0.1, 0.15) is 5.75 Å². The first kappa shape index (κ1) is 14.9. The Morgan fingerprint density at radius 1 is 1.00 bits per heavy atom. The molecule has 1 aromatic carbocycles. The topological polar surface area (TPSA) is 57.0 Å². The summed E-state index contributed by atoms with van der Waals surface area (Å²) in [5, 5.41) is 0. The number of rotatable bonds is 6. The molecule has 0 saturated carbocycles. The molecule has 1 aliphatic heterocycles. The van der Waals surface area contributed by atoms with Crippen LogP contribution in [0.5, 0.6) is 17.2 Å². The average Bonchev–Trinajstić information content (AvgIpc) is 3.01. The van der Waals surface area contributed by atoms with E-state index in [2.05, 4.69) is 4.90 Å². The van der Waals surface area contributed by atoms with E-state index in [4.69, 9.17) is 19.9 Å². The van der Waals surface area contributed by atoms with E-state index < -0.39 is 0 Å². The highest BCUT2D eigenvalue weighted by molar-refractivity contribution is 5.52. The Bertz CT molecular complexity index is 445. The highest BCUT2D eigenvalue weighted by Crippen LogP contribution is 2.39. The molecule has 112 valence electrons. The predicted octanol–water partition coefficient (Wildman–Crippen LogP) is 1.81. The van der Waals surface area contributed by atoms with Crippen LogP contribution >= 0.6 is 0 Å². The number of methoxy groups -OCH3 is 3. The van der Waals surface area contributed by atoms with Crippen LogP contribution in [0.4, 0.5) is 0 Å². The van der Waals surface area contributed by atoms with Crippen molar-refractivity contribution in [1.29, 1.82) is 0 Å². The summed E-state index contributed by atoms with van der Waals surface area (Å²) < 4.78 is 16.2. The molecule has 20 heavy (non-hydrogen) atoms. The summed E-state index contributed by atoms with van der Waals surface area (Å²) in [4.78, 5) is 2.41. The first-order valence-corrected chi connectivity index (χ1v) is 6.99. The van der Waals surface area contributed by atoms with Gasteiger partial charge in [0.25, 0.3) is 0 Å². The Morgan fingerprint density at radius 2 is 1.55 bits per heavy atom. The number of hydrogen-bond donors (Lipinski definition) is 1. The minimum Gasteiger partial charge on any atom is -0.496 e. The van der Waals surface area contributed by atoms with E-state index in [1.807, 2.05) is 12.1 Å². The van der Waals surface area contributed by atoms with Crippen molar-refractivity contribution < 1.29 is 14.2 Å². The minimum absolute atomic E-state index is 0.159. The first-order chi connectivity index (χ1) is 9.74. The van der Waals surface area contributed by atoms with Gasteiger partial charge in [0, 0.05) is 18.2 Å². The van der Waals surface area contributed by atoms with Gasteiger partial charge in [0.05, 0.1) is 27.4 Å². The molecule has 2 rings (SSSR count). The van der Waals surface area contributed by atoms with Gasteiger partial charge >= 0.3 is 0 Å². The van der Waals surface area contributed by atoms with E-state index >= 15 is 0 Å². The second-order valence-corrected chi connectivity index (χ2v) is 4.94. The van der Waals surface area contributed by atoms with Crippen LogP contribution in [0.15, 0.2) is 12.1 Å². The standard InChI is InChI=1S/C15H24N2O3/c1-18-13-9-15(20-3)14(19-2)8-11(13)12(10-16)17-6-4-5-7-17/h8-9,12H,4-7,10,16H2,1-3H3. The fourth-order valence-corrected chi connectivity index (χ4v) is 2.84. The Morgan fingerprint density at radius 3 is 2.05 bits per heavy atom. The van der Waals surface area contributed by atoms with Gasteiger partial charge in [-0.25, -0.2) is 0 Å². The smallest absolute Gasteiger partial charge is 0.164 e. The van der Waals surface area contributed by atoms with Crippen molar-refractivity contribution in [3.05, 3.63) is 17.7 Å². The molecule has 1 aliphatic rings. The van der Waals surface area contributed by atoms with Gasteiger partial charge < -0.3 is 19.9 Å². The molecule has 0 bridgehead atoms. The van der Waals surface area contributed by atoms with Gasteiger partial charge in [-0.2, -0.15) is 0 Å². The second kappa shape index (κ2) is 6.81. The van der Waals surface area contributed by atoms with Crippen LogP contribution in [-0.4, -0.2) is 45.9 Å². The monoisotopic (exact) mass is 280 g/mol. The molecule has 1 heterocycles. The summed E-state index contributed by atoms with van der Waals surface area (Å²) in [5.41, 5.74) is 7.07. The average molecular weight is 280 g/mol. The lowest BCUT2D eigenvalue weighted by Gasteiger charge is -2.28. The van der Waals surface area contributed by atoms with Crippen LogP contribution in [0.3, 0.4) is 0 Å². The van der Waals surface area contributed by atoms with Gasteiger partial charge in [0.15, 0.2) is 11.5 Å². The fraction of sp³-hybridized carbons (Fsp3) is 0.600. The van der Waals surface area contributed by atoms with Gasteiger partial charge in [-0.3, -0.25) is 4.90 Å². The predicted molar refractivity (Wildman–Crippen MR) is 78.7 cm³/mol. The molecule has 2 N–H and O–H groups in total. The maximum absolute atomic E-state index is 6.00. The molecular weight excluding hydrogens is 256 g/mol. The lowest BCUT2D eigenvalue weighted by Crippen LogP contribution is -2.31. The SMILES string of the molecule is COc1cc(OC)c(C(CN)N2CCCC2)cc1OC. The molecule has 1 fully saturated rings. The largest absolute Gasteiger partial charge is 0.496 e. The van der Waals surface area contributed by atoms with Crippen LogP contribution in [0.1, 0.15) is 24.4 Å². The zero-order valence-electron chi connectivity index (χ0n) is 12.5. The van der Waals surface area contributed by atoms with Crippen molar-refractivity contribution in [3.8, 4) is 17.2 Å². The summed E-state index contributed by atoms with van der Waals surface area (Å²) >= 11 is 0. The minimum atomic E-state index is 0.159. The van der Waals surface area contributed by atoms with Crippen molar-refractivity contribution in [2.45, 2.75) is 18.9 Å². The van der Waals surface area contributed by atoms with E-state index in [1.54, 1.807) is 21.3 Å². The number of nitrogens with two attached hydrogens (primary N) is 1. The van der Waals surface area contributed by atoms with Crippen molar-refractivity contribution in [1.82, 2.24) is 4.90 Å². The lowest BCUT2D eigenvalue weighted by atomic mass is 10.0. The van der Waals surface area contributed by atoms with Crippen LogP contribution in [0.25, 0.3) is 0 Å². The molecule has 1 unspecified atom stereocenters. The van der Waals surface area contributed by atoms with Crippen molar-refractivity contribution in [2.24, 2.45) is 5.73 Å². The Kier molecular flexibility index (Phi) is 5.09. The molecule has 5 nitrogen and oxygen atoms in total.